The molecule has 1 heterocycles. The molecular formula is C6H10N4O. The van der Waals surface area contributed by atoms with Gasteiger partial charge in [-0.2, -0.15) is 4.98 Å². The van der Waals surface area contributed by atoms with E-state index in [1.807, 2.05) is 0 Å². The molecule has 0 aliphatic heterocycles. The average Bonchev–Trinajstić information content (AvgIpc) is 1.94. The van der Waals surface area contributed by atoms with Gasteiger partial charge in [0.25, 0.3) is 0 Å². The van der Waals surface area contributed by atoms with Crippen LogP contribution in [-0.2, 0) is 0 Å². The van der Waals surface area contributed by atoms with E-state index < -0.39 is 0 Å². The first-order valence-electron chi connectivity index (χ1n) is 3.10. The van der Waals surface area contributed by atoms with Gasteiger partial charge in [0.05, 0.1) is 6.20 Å². The Morgan fingerprint density at radius 2 is 2.18 bits per heavy atom. The molecular weight excluding hydrogens is 144 g/mol. The minimum absolute atomic E-state index is 0.0874. The summed E-state index contributed by atoms with van der Waals surface area (Å²) < 4.78 is 0. The Bertz CT molecular complexity index is 261. The van der Waals surface area contributed by atoms with Crippen LogP contribution in [0.3, 0.4) is 0 Å². The maximum atomic E-state index is 8.96. The molecule has 60 valence electrons. The molecule has 0 aliphatic carbocycles. The van der Waals surface area contributed by atoms with Gasteiger partial charge in [-0.05, 0) is 0 Å². The number of nitrogen functional groups attached to an aromatic ring is 1. The van der Waals surface area contributed by atoms with Crippen LogP contribution in [-0.4, -0.2) is 29.2 Å². The summed E-state index contributed by atoms with van der Waals surface area (Å²) in [6, 6.07) is 0. The van der Waals surface area contributed by atoms with E-state index in [4.69, 9.17) is 10.8 Å². The van der Waals surface area contributed by atoms with E-state index in [-0.39, 0.29) is 11.6 Å². The Morgan fingerprint density at radius 3 is 2.64 bits per heavy atom. The minimum atomic E-state index is -0.0874. The van der Waals surface area contributed by atoms with Gasteiger partial charge >= 0.3 is 0 Å². The lowest BCUT2D eigenvalue weighted by molar-refractivity contribution is 0.473. The number of aromatic hydroxyl groups is 1. The summed E-state index contributed by atoms with van der Waals surface area (Å²) in [7, 11) is 3.59. The third-order valence-electron chi connectivity index (χ3n) is 1.19. The topological polar surface area (TPSA) is 75.3 Å². The van der Waals surface area contributed by atoms with Gasteiger partial charge in [-0.1, -0.05) is 0 Å². The summed E-state index contributed by atoms with van der Waals surface area (Å²) in [4.78, 5) is 9.34. The van der Waals surface area contributed by atoms with Crippen molar-refractivity contribution in [1.29, 1.82) is 0 Å². The van der Waals surface area contributed by atoms with Crippen molar-refractivity contribution in [3.63, 3.8) is 0 Å². The fourth-order valence-electron chi connectivity index (χ4n) is 0.594. The van der Waals surface area contributed by atoms with Crippen molar-refractivity contribution < 1.29 is 5.11 Å². The Labute approximate surface area is 64.5 Å². The molecule has 0 atom stereocenters. The van der Waals surface area contributed by atoms with Gasteiger partial charge in [0.15, 0.2) is 11.6 Å². The molecule has 5 nitrogen and oxygen atoms in total. The summed E-state index contributed by atoms with van der Waals surface area (Å²) in [5.74, 6) is 0.500. The maximum Gasteiger partial charge on any atom is 0.226 e. The van der Waals surface area contributed by atoms with E-state index >= 15 is 0 Å². The highest BCUT2D eigenvalue weighted by Crippen LogP contribution is 2.16. The molecule has 11 heavy (non-hydrogen) atoms. The summed E-state index contributed by atoms with van der Waals surface area (Å²) in [5.41, 5.74) is 5.33. The van der Waals surface area contributed by atoms with Crippen LogP contribution in [0.2, 0.25) is 0 Å². The van der Waals surface area contributed by atoms with Gasteiger partial charge in [-0.3, -0.25) is 0 Å². The Kier molecular flexibility index (Phi) is 1.80. The van der Waals surface area contributed by atoms with Crippen LogP contribution >= 0.6 is 0 Å². The van der Waals surface area contributed by atoms with Crippen LogP contribution < -0.4 is 10.6 Å². The number of hydrogen-bond acceptors (Lipinski definition) is 5. The number of anilines is 2. The normalized spacial score (nSPS) is 9.64. The zero-order valence-electron chi connectivity index (χ0n) is 6.44. The van der Waals surface area contributed by atoms with Crippen molar-refractivity contribution in [2.24, 2.45) is 0 Å². The molecule has 3 N–H and O–H groups in total. The van der Waals surface area contributed by atoms with Crippen LogP contribution in [0.4, 0.5) is 11.8 Å². The Balaban J connectivity index is 3.05. The fraction of sp³-hybridized carbons (Fsp3) is 0.333. The Hall–Kier alpha value is -1.52. The smallest absolute Gasteiger partial charge is 0.226 e. The van der Waals surface area contributed by atoms with Crippen LogP contribution in [0.15, 0.2) is 6.20 Å². The molecule has 0 fully saturated rings. The highest BCUT2D eigenvalue weighted by molar-refractivity contribution is 5.47. The molecule has 1 aromatic rings. The summed E-state index contributed by atoms with van der Waals surface area (Å²) in [5, 5.41) is 8.96. The molecule has 0 aromatic carbocycles. The van der Waals surface area contributed by atoms with Crippen molar-refractivity contribution in [3.8, 4) is 5.75 Å². The first kappa shape index (κ1) is 7.59. The highest BCUT2D eigenvalue weighted by Gasteiger charge is 2.02. The van der Waals surface area contributed by atoms with Crippen molar-refractivity contribution >= 4 is 11.8 Å². The van der Waals surface area contributed by atoms with Gasteiger partial charge in [-0.15, -0.1) is 0 Å². The second kappa shape index (κ2) is 2.61. The molecule has 0 bridgehead atoms. The third kappa shape index (κ3) is 1.49. The number of rotatable bonds is 1. The zero-order chi connectivity index (χ0) is 8.43. The quantitative estimate of drug-likeness (QED) is 0.587. The van der Waals surface area contributed by atoms with E-state index in [1.165, 1.54) is 6.20 Å². The number of aromatic nitrogens is 2. The summed E-state index contributed by atoms with van der Waals surface area (Å²) >= 11 is 0. The van der Waals surface area contributed by atoms with Crippen molar-refractivity contribution in [1.82, 2.24) is 9.97 Å². The van der Waals surface area contributed by atoms with E-state index in [2.05, 4.69) is 9.97 Å². The molecule has 0 amide bonds. The average molecular weight is 154 g/mol. The SMILES string of the molecule is CN(C)c1ncc(O)c(N)n1. The van der Waals surface area contributed by atoms with E-state index in [9.17, 15) is 0 Å². The van der Waals surface area contributed by atoms with Crippen molar-refractivity contribution in [3.05, 3.63) is 6.20 Å². The molecule has 0 unspecified atom stereocenters. The summed E-state index contributed by atoms with van der Waals surface area (Å²) in [6.07, 6.45) is 1.28. The lowest BCUT2D eigenvalue weighted by atomic mass is 10.5. The Morgan fingerprint density at radius 1 is 1.55 bits per heavy atom. The fourth-order valence-corrected chi connectivity index (χ4v) is 0.594. The largest absolute Gasteiger partial charge is 0.503 e. The van der Waals surface area contributed by atoms with Crippen molar-refractivity contribution in [2.75, 3.05) is 24.7 Å². The monoisotopic (exact) mass is 154 g/mol. The minimum Gasteiger partial charge on any atom is -0.503 e. The predicted molar refractivity (Wildman–Crippen MR) is 42.4 cm³/mol. The van der Waals surface area contributed by atoms with Gasteiger partial charge in [0.1, 0.15) is 0 Å². The van der Waals surface area contributed by atoms with Gasteiger partial charge < -0.3 is 15.7 Å². The molecule has 0 saturated carbocycles. The first-order valence-corrected chi connectivity index (χ1v) is 3.10. The van der Waals surface area contributed by atoms with E-state index in [1.54, 1.807) is 19.0 Å². The molecule has 0 radical (unpaired) electrons. The van der Waals surface area contributed by atoms with Crippen LogP contribution in [0, 0.1) is 0 Å². The van der Waals surface area contributed by atoms with Crippen LogP contribution in [0.1, 0.15) is 0 Å². The van der Waals surface area contributed by atoms with E-state index in [0.717, 1.165) is 0 Å². The third-order valence-corrected chi connectivity index (χ3v) is 1.19. The van der Waals surface area contributed by atoms with Crippen LogP contribution in [0.5, 0.6) is 5.75 Å². The standard InChI is InChI=1S/C6H10N4O/c1-10(2)6-8-3-4(11)5(7)9-6/h3,11H,1-2H3,(H2,7,8,9). The molecule has 5 heteroatoms. The van der Waals surface area contributed by atoms with E-state index in [0.29, 0.717) is 5.95 Å². The summed E-state index contributed by atoms with van der Waals surface area (Å²) in [6.45, 7) is 0. The number of hydrogen-bond donors (Lipinski definition) is 2. The molecule has 0 aliphatic rings. The predicted octanol–water partition coefficient (Wildman–Crippen LogP) is -0.170. The van der Waals surface area contributed by atoms with Crippen molar-refractivity contribution in [2.45, 2.75) is 0 Å². The van der Waals surface area contributed by atoms with Gasteiger partial charge in [0.2, 0.25) is 5.95 Å². The van der Waals surface area contributed by atoms with Gasteiger partial charge in [-0.25, -0.2) is 4.98 Å². The molecule has 0 saturated heterocycles. The van der Waals surface area contributed by atoms with Gasteiger partial charge in [0, 0.05) is 14.1 Å². The maximum absolute atomic E-state index is 8.96. The highest BCUT2D eigenvalue weighted by atomic mass is 16.3. The molecule has 0 spiro atoms. The van der Waals surface area contributed by atoms with Crippen LogP contribution in [0.25, 0.3) is 0 Å². The first-order chi connectivity index (χ1) is 5.11. The lowest BCUT2D eigenvalue weighted by Crippen LogP contribution is -2.13. The second-order valence-electron chi connectivity index (χ2n) is 2.33. The lowest BCUT2D eigenvalue weighted by Gasteiger charge is -2.09. The molecule has 1 aromatic heterocycles. The zero-order valence-corrected chi connectivity index (χ0v) is 6.44. The second-order valence-corrected chi connectivity index (χ2v) is 2.33. The number of nitrogens with two attached hydrogens (primary N) is 1. The molecule has 1 rings (SSSR count). The number of nitrogens with zero attached hydrogens (tertiary/aromatic N) is 3.